The average molecular weight is 265 g/mol. The highest BCUT2D eigenvalue weighted by molar-refractivity contribution is 5.85. The third kappa shape index (κ3) is 2.18. The van der Waals surface area contributed by atoms with Crippen molar-refractivity contribution in [3.05, 3.63) is 59.7 Å². The van der Waals surface area contributed by atoms with Gasteiger partial charge < -0.3 is 9.84 Å². The molecule has 0 fully saturated rings. The fourth-order valence-corrected chi connectivity index (χ4v) is 2.12. The Balaban J connectivity index is 2.01. The highest BCUT2D eigenvalue weighted by atomic mass is 16.5. The lowest BCUT2D eigenvalue weighted by molar-refractivity contribution is 0.460. The molecule has 0 aliphatic heterocycles. The minimum atomic E-state index is 0.230. The smallest absolute Gasteiger partial charge is 0.219 e. The van der Waals surface area contributed by atoms with Crippen molar-refractivity contribution in [1.29, 1.82) is 0 Å². The summed E-state index contributed by atoms with van der Waals surface area (Å²) in [7, 11) is 0. The van der Waals surface area contributed by atoms with Crippen LogP contribution in [0, 0.1) is 13.8 Å². The number of aryl methyl sites for hydroxylation is 1. The Morgan fingerprint density at radius 3 is 2.60 bits per heavy atom. The molecular formula is C17H15NO2. The van der Waals surface area contributed by atoms with Crippen molar-refractivity contribution in [2.75, 3.05) is 0 Å². The van der Waals surface area contributed by atoms with Crippen LogP contribution in [0.5, 0.6) is 17.4 Å². The first-order valence-electron chi connectivity index (χ1n) is 6.48. The van der Waals surface area contributed by atoms with E-state index < -0.39 is 0 Å². The van der Waals surface area contributed by atoms with Crippen LogP contribution in [0.4, 0.5) is 0 Å². The average Bonchev–Trinajstić information content (AvgIpc) is 2.44. The molecule has 3 rings (SSSR count). The van der Waals surface area contributed by atoms with Gasteiger partial charge in [-0.25, -0.2) is 4.98 Å². The summed E-state index contributed by atoms with van der Waals surface area (Å²) in [5.41, 5.74) is 3.00. The summed E-state index contributed by atoms with van der Waals surface area (Å²) >= 11 is 0. The molecule has 1 aromatic heterocycles. The third-order valence-corrected chi connectivity index (χ3v) is 3.45. The zero-order valence-electron chi connectivity index (χ0n) is 11.4. The molecule has 3 nitrogen and oxygen atoms in total. The predicted molar refractivity (Wildman–Crippen MR) is 79.4 cm³/mol. The molecule has 0 saturated heterocycles. The first-order chi connectivity index (χ1) is 9.65. The van der Waals surface area contributed by atoms with Crippen molar-refractivity contribution in [2.45, 2.75) is 13.8 Å². The van der Waals surface area contributed by atoms with E-state index in [1.807, 2.05) is 44.2 Å². The van der Waals surface area contributed by atoms with Gasteiger partial charge in [0.1, 0.15) is 11.5 Å². The van der Waals surface area contributed by atoms with Crippen LogP contribution in [-0.4, -0.2) is 10.1 Å². The largest absolute Gasteiger partial charge is 0.507 e. The number of aromatic hydroxyl groups is 1. The van der Waals surface area contributed by atoms with Gasteiger partial charge in [0.05, 0.1) is 5.52 Å². The van der Waals surface area contributed by atoms with E-state index in [1.165, 1.54) is 5.56 Å². The Labute approximate surface area is 117 Å². The van der Waals surface area contributed by atoms with Gasteiger partial charge in [0, 0.05) is 11.5 Å². The molecule has 0 unspecified atom stereocenters. The molecule has 3 aromatic rings. The van der Waals surface area contributed by atoms with Crippen molar-refractivity contribution in [3.63, 3.8) is 0 Å². The molecule has 1 heterocycles. The van der Waals surface area contributed by atoms with Crippen LogP contribution in [0.15, 0.2) is 48.5 Å². The van der Waals surface area contributed by atoms with E-state index in [1.54, 1.807) is 18.2 Å². The molecule has 100 valence electrons. The molecule has 3 heteroatoms. The lowest BCUT2D eigenvalue weighted by Crippen LogP contribution is -1.92. The number of ether oxygens (including phenoxy) is 1. The summed E-state index contributed by atoms with van der Waals surface area (Å²) in [4.78, 5) is 4.42. The maximum atomic E-state index is 9.75. The molecule has 0 atom stereocenters. The van der Waals surface area contributed by atoms with Crippen molar-refractivity contribution in [1.82, 2.24) is 4.98 Å². The Morgan fingerprint density at radius 2 is 1.75 bits per heavy atom. The van der Waals surface area contributed by atoms with Crippen molar-refractivity contribution >= 4 is 10.9 Å². The van der Waals surface area contributed by atoms with Crippen molar-refractivity contribution in [2.24, 2.45) is 0 Å². The van der Waals surface area contributed by atoms with Gasteiger partial charge in [0.25, 0.3) is 0 Å². The topological polar surface area (TPSA) is 42.4 Å². The van der Waals surface area contributed by atoms with Gasteiger partial charge in [-0.1, -0.05) is 18.2 Å². The number of aromatic nitrogens is 1. The van der Waals surface area contributed by atoms with Crippen LogP contribution in [0.2, 0.25) is 0 Å². The third-order valence-electron chi connectivity index (χ3n) is 3.45. The Kier molecular flexibility index (Phi) is 3.03. The molecule has 0 radical (unpaired) electrons. The number of hydrogen-bond donors (Lipinski definition) is 1. The minimum Gasteiger partial charge on any atom is -0.507 e. The van der Waals surface area contributed by atoms with Crippen LogP contribution in [0.3, 0.4) is 0 Å². The second kappa shape index (κ2) is 4.85. The molecule has 0 saturated carbocycles. The van der Waals surface area contributed by atoms with Gasteiger partial charge in [-0.3, -0.25) is 0 Å². The molecule has 0 bridgehead atoms. The minimum absolute atomic E-state index is 0.230. The summed E-state index contributed by atoms with van der Waals surface area (Å²) in [6.45, 7) is 4.07. The highest BCUT2D eigenvalue weighted by Crippen LogP contribution is 2.29. The van der Waals surface area contributed by atoms with Gasteiger partial charge in [-0.05, 0) is 49.2 Å². The molecule has 1 N–H and O–H groups in total. The number of phenols is 1. The number of nitrogens with zero attached hydrogens (tertiary/aromatic N) is 1. The van der Waals surface area contributed by atoms with E-state index in [-0.39, 0.29) is 5.75 Å². The van der Waals surface area contributed by atoms with Crippen molar-refractivity contribution < 1.29 is 9.84 Å². The van der Waals surface area contributed by atoms with Crippen LogP contribution in [0.1, 0.15) is 11.1 Å². The van der Waals surface area contributed by atoms with Gasteiger partial charge >= 0.3 is 0 Å². The number of rotatable bonds is 2. The number of pyridine rings is 1. The summed E-state index contributed by atoms with van der Waals surface area (Å²) in [5, 5.41) is 10.5. The van der Waals surface area contributed by atoms with Crippen LogP contribution >= 0.6 is 0 Å². The van der Waals surface area contributed by atoms with E-state index in [0.29, 0.717) is 11.4 Å². The zero-order chi connectivity index (χ0) is 14.1. The Bertz CT molecular complexity index is 781. The van der Waals surface area contributed by atoms with Gasteiger partial charge in [-0.2, -0.15) is 0 Å². The Morgan fingerprint density at radius 1 is 0.950 bits per heavy atom. The van der Waals surface area contributed by atoms with E-state index >= 15 is 0 Å². The van der Waals surface area contributed by atoms with Crippen molar-refractivity contribution in [3.8, 4) is 17.4 Å². The normalized spacial score (nSPS) is 10.7. The number of fused-ring (bicyclic) bond motifs is 1. The number of phenolic OH excluding ortho intramolecular Hbond substituents is 1. The highest BCUT2D eigenvalue weighted by Gasteiger charge is 2.06. The predicted octanol–water partition coefficient (Wildman–Crippen LogP) is 4.35. The second-order valence-corrected chi connectivity index (χ2v) is 4.79. The SMILES string of the molecule is Cc1cccc(Oc2ccc3c(O)cccc3n2)c1C. The van der Waals surface area contributed by atoms with Crippen LogP contribution in [0.25, 0.3) is 10.9 Å². The maximum Gasteiger partial charge on any atom is 0.219 e. The first-order valence-corrected chi connectivity index (χ1v) is 6.48. The van der Waals surface area contributed by atoms with E-state index in [2.05, 4.69) is 4.98 Å². The molecule has 20 heavy (non-hydrogen) atoms. The standard InChI is InChI=1S/C17H15NO2/c1-11-5-3-8-16(12(11)2)20-17-10-9-13-14(18-17)6-4-7-15(13)19/h3-10,19H,1-2H3. The van der Waals surface area contributed by atoms with Gasteiger partial charge in [-0.15, -0.1) is 0 Å². The summed E-state index contributed by atoms with van der Waals surface area (Å²) in [5.74, 6) is 1.56. The molecular weight excluding hydrogens is 250 g/mol. The van der Waals surface area contributed by atoms with E-state index in [0.717, 1.165) is 16.7 Å². The van der Waals surface area contributed by atoms with E-state index in [9.17, 15) is 5.11 Å². The van der Waals surface area contributed by atoms with Crippen LogP contribution < -0.4 is 4.74 Å². The first kappa shape index (κ1) is 12.5. The fraction of sp³-hybridized carbons (Fsp3) is 0.118. The lowest BCUT2D eigenvalue weighted by atomic mass is 10.1. The zero-order valence-corrected chi connectivity index (χ0v) is 11.4. The summed E-state index contributed by atoms with van der Waals surface area (Å²) in [6.07, 6.45) is 0. The number of hydrogen-bond acceptors (Lipinski definition) is 3. The molecule has 0 amide bonds. The summed E-state index contributed by atoms with van der Waals surface area (Å²) < 4.78 is 5.85. The quantitative estimate of drug-likeness (QED) is 0.749. The van der Waals surface area contributed by atoms with E-state index in [4.69, 9.17) is 4.74 Å². The molecule has 0 aliphatic rings. The monoisotopic (exact) mass is 265 g/mol. The lowest BCUT2D eigenvalue weighted by Gasteiger charge is -2.10. The van der Waals surface area contributed by atoms with Crippen LogP contribution in [-0.2, 0) is 0 Å². The molecule has 2 aromatic carbocycles. The maximum absolute atomic E-state index is 9.75. The fourth-order valence-electron chi connectivity index (χ4n) is 2.12. The molecule has 0 aliphatic carbocycles. The second-order valence-electron chi connectivity index (χ2n) is 4.79. The van der Waals surface area contributed by atoms with Gasteiger partial charge in [0.2, 0.25) is 5.88 Å². The molecule has 0 spiro atoms. The Hall–Kier alpha value is -2.55. The van der Waals surface area contributed by atoms with Gasteiger partial charge in [0.15, 0.2) is 0 Å². The summed E-state index contributed by atoms with van der Waals surface area (Å²) in [6, 6.07) is 14.8. The number of benzene rings is 2.